The summed E-state index contributed by atoms with van der Waals surface area (Å²) in [7, 11) is -1.26. The van der Waals surface area contributed by atoms with Crippen LogP contribution in [0.25, 0.3) is 0 Å². The van der Waals surface area contributed by atoms with Crippen LogP contribution in [0.5, 0.6) is 0 Å². The third kappa shape index (κ3) is 3.98. The maximum absolute atomic E-state index is 13.0. The van der Waals surface area contributed by atoms with Crippen molar-refractivity contribution in [3.05, 3.63) is 15.0 Å². The molecule has 0 saturated carbocycles. The fourth-order valence-electron chi connectivity index (χ4n) is 4.38. The number of piperidine rings is 1. The largest absolute Gasteiger partial charge is 0.465 e. The topological polar surface area (TPSA) is 82.5 Å². The normalized spacial score (nSPS) is 29.2. The standard InChI is InChI=1S/C19H30ClN3O3S2/c1-17(2,3)12-10-19(7-8-23(12)16(24)25)9-11-13(21-15(20)27-11)14(19)22-28(26)18(4,5)6/h12,14,22H,7-10H2,1-6H3,(H,24,25)/t12-,14?,19?,28+/m0/s1. The Morgan fingerprint density at radius 2 is 2.00 bits per heavy atom. The minimum Gasteiger partial charge on any atom is -0.465 e. The molecule has 1 aromatic heterocycles. The molecule has 2 N–H and O–H groups in total. The number of rotatable bonds is 2. The highest BCUT2D eigenvalue weighted by Gasteiger charge is 2.55. The van der Waals surface area contributed by atoms with Gasteiger partial charge in [-0.25, -0.2) is 18.7 Å². The first kappa shape index (κ1) is 22.0. The van der Waals surface area contributed by atoms with E-state index in [9.17, 15) is 14.1 Å². The first-order valence-corrected chi connectivity index (χ1v) is 11.9. The molecule has 1 aliphatic carbocycles. The van der Waals surface area contributed by atoms with Crippen LogP contribution in [-0.4, -0.2) is 42.6 Å². The predicted molar refractivity (Wildman–Crippen MR) is 114 cm³/mol. The Morgan fingerprint density at radius 1 is 1.36 bits per heavy atom. The van der Waals surface area contributed by atoms with Gasteiger partial charge in [-0.3, -0.25) is 0 Å². The van der Waals surface area contributed by atoms with Crippen molar-refractivity contribution in [3.63, 3.8) is 0 Å². The summed E-state index contributed by atoms with van der Waals surface area (Å²) in [6.07, 6.45) is 1.35. The molecule has 1 aromatic rings. The molecule has 1 spiro atoms. The summed E-state index contributed by atoms with van der Waals surface area (Å²) < 4.78 is 16.4. The molecule has 158 valence electrons. The third-order valence-corrected chi connectivity index (χ3v) is 8.69. The number of hydrogen-bond acceptors (Lipinski definition) is 4. The smallest absolute Gasteiger partial charge is 0.407 e. The van der Waals surface area contributed by atoms with Crippen molar-refractivity contribution in [2.75, 3.05) is 6.54 Å². The van der Waals surface area contributed by atoms with Crippen LogP contribution in [0.3, 0.4) is 0 Å². The Balaban J connectivity index is 1.99. The van der Waals surface area contributed by atoms with Gasteiger partial charge in [0.25, 0.3) is 0 Å². The van der Waals surface area contributed by atoms with Crippen molar-refractivity contribution in [1.82, 2.24) is 14.6 Å². The summed E-state index contributed by atoms with van der Waals surface area (Å²) in [6.45, 7) is 12.6. The Morgan fingerprint density at radius 3 is 2.54 bits per heavy atom. The van der Waals surface area contributed by atoms with E-state index in [4.69, 9.17) is 11.6 Å². The van der Waals surface area contributed by atoms with Gasteiger partial charge in [0.15, 0.2) is 4.47 Å². The lowest BCUT2D eigenvalue weighted by atomic mass is 9.66. The van der Waals surface area contributed by atoms with Crippen LogP contribution in [0, 0.1) is 10.8 Å². The second-order valence-electron chi connectivity index (χ2n) is 10.1. The minimum atomic E-state index is -1.26. The van der Waals surface area contributed by atoms with Gasteiger partial charge in [-0.2, -0.15) is 0 Å². The Hall–Kier alpha value is -0.700. The summed E-state index contributed by atoms with van der Waals surface area (Å²) >= 11 is 7.67. The number of halogens is 1. The molecule has 4 atom stereocenters. The van der Waals surface area contributed by atoms with Crippen LogP contribution in [0.15, 0.2) is 0 Å². The Kier molecular flexibility index (Phi) is 5.67. The number of carbonyl (C=O) groups is 1. The second kappa shape index (κ2) is 7.22. The molecule has 6 nitrogen and oxygen atoms in total. The van der Waals surface area contributed by atoms with E-state index in [-0.39, 0.29) is 22.9 Å². The summed E-state index contributed by atoms with van der Waals surface area (Å²) in [6, 6.07) is -0.303. The number of fused-ring (bicyclic) bond motifs is 1. The average molecular weight is 448 g/mol. The van der Waals surface area contributed by atoms with E-state index < -0.39 is 21.8 Å². The number of thiazole rings is 1. The third-order valence-electron chi connectivity index (χ3n) is 5.95. The van der Waals surface area contributed by atoms with Gasteiger partial charge in [0.05, 0.1) is 27.5 Å². The second-order valence-corrected chi connectivity index (χ2v) is 13.7. The molecule has 2 heterocycles. The molecular formula is C19H30ClN3O3S2. The van der Waals surface area contributed by atoms with Gasteiger partial charge in [0.2, 0.25) is 0 Å². The van der Waals surface area contributed by atoms with Crippen LogP contribution in [0.2, 0.25) is 4.47 Å². The Bertz CT molecular complexity index is 799. The molecule has 0 bridgehead atoms. The maximum Gasteiger partial charge on any atom is 0.407 e. The first-order valence-electron chi connectivity index (χ1n) is 9.57. The van der Waals surface area contributed by atoms with E-state index in [1.165, 1.54) is 11.3 Å². The van der Waals surface area contributed by atoms with Crippen molar-refractivity contribution >= 4 is 40.0 Å². The van der Waals surface area contributed by atoms with Gasteiger partial charge in [0, 0.05) is 22.9 Å². The zero-order valence-electron chi connectivity index (χ0n) is 17.3. The molecule has 3 rings (SSSR count). The van der Waals surface area contributed by atoms with Crippen molar-refractivity contribution in [3.8, 4) is 0 Å². The van der Waals surface area contributed by atoms with Gasteiger partial charge in [-0.05, 0) is 45.4 Å². The van der Waals surface area contributed by atoms with E-state index in [1.807, 2.05) is 20.8 Å². The number of nitrogens with one attached hydrogen (secondary N) is 1. The summed E-state index contributed by atoms with van der Waals surface area (Å²) in [5, 5.41) is 9.73. The highest BCUT2D eigenvalue weighted by atomic mass is 35.5. The number of likely N-dealkylation sites (tertiary alicyclic amines) is 1. The van der Waals surface area contributed by atoms with Gasteiger partial charge in [-0.15, -0.1) is 11.3 Å². The van der Waals surface area contributed by atoms with E-state index in [1.54, 1.807) is 4.90 Å². The highest BCUT2D eigenvalue weighted by Crippen LogP contribution is 2.56. The lowest BCUT2D eigenvalue weighted by molar-refractivity contribution is -0.00521. The van der Waals surface area contributed by atoms with Crippen LogP contribution in [0.4, 0.5) is 4.79 Å². The van der Waals surface area contributed by atoms with Crippen LogP contribution in [-0.2, 0) is 17.4 Å². The summed E-state index contributed by atoms with van der Waals surface area (Å²) in [4.78, 5) is 19.1. The molecule has 1 aliphatic heterocycles. The van der Waals surface area contributed by atoms with Crippen molar-refractivity contribution in [1.29, 1.82) is 0 Å². The average Bonchev–Trinajstić information content (AvgIpc) is 3.00. The number of hydrogen-bond donors (Lipinski definition) is 2. The zero-order valence-corrected chi connectivity index (χ0v) is 19.7. The minimum absolute atomic E-state index is 0.115. The molecule has 1 fully saturated rings. The molecule has 2 aliphatic rings. The van der Waals surface area contributed by atoms with Crippen molar-refractivity contribution in [2.24, 2.45) is 10.8 Å². The van der Waals surface area contributed by atoms with Gasteiger partial charge < -0.3 is 10.0 Å². The quantitative estimate of drug-likeness (QED) is 0.692. The molecule has 1 amide bonds. The van der Waals surface area contributed by atoms with E-state index in [0.717, 1.165) is 17.0 Å². The fourth-order valence-corrected chi connectivity index (χ4v) is 6.66. The fraction of sp³-hybridized carbons (Fsp3) is 0.789. The molecule has 0 radical (unpaired) electrons. The number of carboxylic acid groups (broad SMARTS) is 1. The van der Waals surface area contributed by atoms with Crippen molar-refractivity contribution in [2.45, 2.75) is 77.6 Å². The number of aromatic nitrogens is 1. The molecule has 2 unspecified atom stereocenters. The lowest BCUT2D eigenvalue weighted by Gasteiger charge is -2.51. The molecule has 9 heteroatoms. The molecular weight excluding hydrogens is 418 g/mol. The van der Waals surface area contributed by atoms with Gasteiger partial charge in [0.1, 0.15) is 0 Å². The SMILES string of the molecule is CC(C)(C)[C@@H]1CC2(CCN1C(=O)O)Cc1sc(Cl)nc1C2N[S@](=O)C(C)(C)C. The monoisotopic (exact) mass is 447 g/mol. The van der Waals surface area contributed by atoms with E-state index in [2.05, 4.69) is 30.5 Å². The molecule has 0 aromatic carbocycles. The summed E-state index contributed by atoms with van der Waals surface area (Å²) in [5.41, 5.74) is 0.494. The number of amides is 1. The maximum atomic E-state index is 13.0. The van der Waals surface area contributed by atoms with E-state index in [0.29, 0.717) is 23.9 Å². The van der Waals surface area contributed by atoms with Crippen LogP contribution >= 0.6 is 22.9 Å². The van der Waals surface area contributed by atoms with Gasteiger partial charge >= 0.3 is 6.09 Å². The van der Waals surface area contributed by atoms with Gasteiger partial charge in [-0.1, -0.05) is 32.4 Å². The zero-order chi connectivity index (χ0) is 21.1. The highest BCUT2D eigenvalue weighted by molar-refractivity contribution is 7.84. The van der Waals surface area contributed by atoms with Crippen molar-refractivity contribution < 1.29 is 14.1 Å². The predicted octanol–water partition coefficient (Wildman–Crippen LogP) is 4.62. The van der Waals surface area contributed by atoms with Crippen LogP contribution in [0.1, 0.15) is 71.0 Å². The van der Waals surface area contributed by atoms with E-state index >= 15 is 0 Å². The Labute approximate surface area is 178 Å². The molecule has 28 heavy (non-hydrogen) atoms. The summed E-state index contributed by atoms with van der Waals surface area (Å²) in [5.74, 6) is 0. The molecule has 1 saturated heterocycles. The number of nitrogens with zero attached hydrogens (tertiary/aromatic N) is 2. The lowest BCUT2D eigenvalue weighted by Crippen LogP contribution is -2.57. The van der Waals surface area contributed by atoms with Crippen LogP contribution < -0.4 is 4.72 Å². The first-order chi connectivity index (χ1) is 12.7.